The standard InChI is InChI=1S/C24H30F3N3O3/c1-17(2)12-20(14-29(3)16-31)19-4-5-21-22(13-19)30(8-11-33-15-24(25,26)27)23(28-21)18-6-9-32-10-7-18/h4-5,12-14,16,18H,6-11,15H2,1-3H3/b20-14+. The van der Waals surface area contributed by atoms with Gasteiger partial charge in [0, 0.05) is 38.9 Å². The molecule has 0 atom stereocenters. The third kappa shape index (κ3) is 6.91. The molecule has 0 spiro atoms. The van der Waals surface area contributed by atoms with Gasteiger partial charge in [-0.15, -0.1) is 0 Å². The zero-order valence-electron chi connectivity index (χ0n) is 19.2. The summed E-state index contributed by atoms with van der Waals surface area (Å²) >= 11 is 0. The molecule has 1 aromatic heterocycles. The Kier molecular flexibility index (Phi) is 8.31. The van der Waals surface area contributed by atoms with Crippen LogP contribution < -0.4 is 0 Å². The van der Waals surface area contributed by atoms with E-state index in [0.717, 1.165) is 52.8 Å². The molecule has 0 unspecified atom stereocenters. The maximum absolute atomic E-state index is 12.5. The third-order valence-corrected chi connectivity index (χ3v) is 5.38. The highest BCUT2D eigenvalue weighted by molar-refractivity contribution is 5.84. The Balaban J connectivity index is 2.01. The zero-order chi connectivity index (χ0) is 24.0. The van der Waals surface area contributed by atoms with Gasteiger partial charge in [-0.3, -0.25) is 4.79 Å². The molecule has 9 heteroatoms. The second-order valence-corrected chi connectivity index (χ2v) is 8.46. The largest absolute Gasteiger partial charge is 0.411 e. The van der Waals surface area contributed by atoms with Crippen LogP contribution in [0.4, 0.5) is 13.2 Å². The molecule has 1 aliphatic rings. The molecule has 3 rings (SSSR count). The molecule has 33 heavy (non-hydrogen) atoms. The number of hydrogen-bond acceptors (Lipinski definition) is 4. The van der Waals surface area contributed by atoms with Crippen LogP contribution >= 0.6 is 0 Å². The van der Waals surface area contributed by atoms with Gasteiger partial charge in [-0.05, 0) is 50.0 Å². The minimum atomic E-state index is -4.36. The van der Waals surface area contributed by atoms with E-state index in [1.54, 1.807) is 13.2 Å². The molecule has 1 fully saturated rings. The van der Waals surface area contributed by atoms with Gasteiger partial charge in [0.15, 0.2) is 0 Å². The van der Waals surface area contributed by atoms with Crippen LogP contribution in [0.15, 0.2) is 36.0 Å². The molecule has 180 valence electrons. The van der Waals surface area contributed by atoms with E-state index in [1.807, 2.05) is 42.7 Å². The van der Waals surface area contributed by atoms with E-state index in [1.165, 1.54) is 4.90 Å². The van der Waals surface area contributed by atoms with E-state index >= 15 is 0 Å². The number of fused-ring (bicyclic) bond motifs is 1. The molecule has 2 heterocycles. The maximum atomic E-state index is 12.5. The Labute approximate surface area is 191 Å². The van der Waals surface area contributed by atoms with Crippen molar-refractivity contribution in [3.05, 3.63) is 47.4 Å². The number of carbonyl (C=O) groups is 1. The van der Waals surface area contributed by atoms with E-state index in [-0.39, 0.29) is 19.1 Å². The summed E-state index contributed by atoms with van der Waals surface area (Å²) in [5.74, 6) is 1.02. The smallest absolute Gasteiger partial charge is 0.381 e. The summed E-state index contributed by atoms with van der Waals surface area (Å²) in [7, 11) is 1.66. The van der Waals surface area contributed by atoms with Gasteiger partial charge in [0.25, 0.3) is 0 Å². The lowest BCUT2D eigenvalue weighted by Crippen LogP contribution is -2.21. The van der Waals surface area contributed by atoms with Crippen LogP contribution in [0.1, 0.15) is 44.0 Å². The Morgan fingerprint density at radius 2 is 2.03 bits per heavy atom. The Hall–Kier alpha value is -2.65. The fourth-order valence-corrected chi connectivity index (χ4v) is 3.92. The minimum Gasteiger partial charge on any atom is -0.381 e. The fourth-order valence-electron chi connectivity index (χ4n) is 3.92. The summed E-state index contributed by atoms with van der Waals surface area (Å²) in [5, 5.41) is 0. The molecule has 0 N–H and O–H groups in total. The summed E-state index contributed by atoms with van der Waals surface area (Å²) in [6, 6.07) is 5.82. The maximum Gasteiger partial charge on any atom is 0.411 e. The molecule has 1 aromatic carbocycles. The monoisotopic (exact) mass is 465 g/mol. The number of amides is 1. The number of benzene rings is 1. The second kappa shape index (κ2) is 11.0. The van der Waals surface area contributed by atoms with Crippen molar-refractivity contribution in [2.75, 3.05) is 33.5 Å². The van der Waals surface area contributed by atoms with Gasteiger partial charge in [-0.1, -0.05) is 17.7 Å². The van der Waals surface area contributed by atoms with Gasteiger partial charge >= 0.3 is 6.18 Å². The summed E-state index contributed by atoms with van der Waals surface area (Å²) < 4.78 is 49.9. The molecule has 0 saturated carbocycles. The average Bonchev–Trinajstić information content (AvgIpc) is 3.13. The second-order valence-electron chi connectivity index (χ2n) is 8.46. The molecule has 1 aliphatic heterocycles. The first-order valence-electron chi connectivity index (χ1n) is 10.9. The number of rotatable bonds is 9. The van der Waals surface area contributed by atoms with E-state index in [9.17, 15) is 18.0 Å². The topological polar surface area (TPSA) is 56.6 Å². The van der Waals surface area contributed by atoms with Crippen LogP contribution in [0.5, 0.6) is 0 Å². The third-order valence-electron chi connectivity index (χ3n) is 5.38. The number of aromatic nitrogens is 2. The van der Waals surface area contributed by atoms with Crippen molar-refractivity contribution < 1.29 is 27.4 Å². The predicted octanol–water partition coefficient (Wildman–Crippen LogP) is 4.90. The lowest BCUT2D eigenvalue weighted by Gasteiger charge is -2.23. The SMILES string of the molecule is CC(C)=C/C(=C\N(C)C=O)c1ccc2nc(C3CCOCC3)n(CCOCC(F)(F)F)c2c1. The van der Waals surface area contributed by atoms with Crippen LogP contribution in [0.3, 0.4) is 0 Å². The number of halogens is 3. The van der Waals surface area contributed by atoms with Gasteiger partial charge in [-0.2, -0.15) is 13.2 Å². The molecule has 1 amide bonds. The van der Waals surface area contributed by atoms with E-state index in [0.29, 0.717) is 13.2 Å². The number of ether oxygens (including phenoxy) is 2. The van der Waals surface area contributed by atoms with Gasteiger partial charge in [-0.25, -0.2) is 4.98 Å². The number of hydrogen-bond donors (Lipinski definition) is 0. The first-order chi connectivity index (χ1) is 15.7. The van der Waals surface area contributed by atoms with Crippen molar-refractivity contribution >= 4 is 23.0 Å². The molecule has 1 saturated heterocycles. The Morgan fingerprint density at radius 1 is 1.30 bits per heavy atom. The highest BCUT2D eigenvalue weighted by Crippen LogP contribution is 2.31. The number of carbonyl (C=O) groups excluding carboxylic acids is 1. The molecule has 6 nitrogen and oxygen atoms in total. The summed E-state index contributed by atoms with van der Waals surface area (Å²) in [6.07, 6.45) is 1.71. The quantitative estimate of drug-likeness (QED) is 0.300. The lowest BCUT2D eigenvalue weighted by molar-refractivity contribution is -0.174. The first kappa shape index (κ1) is 25.0. The highest BCUT2D eigenvalue weighted by Gasteiger charge is 2.28. The van der Waals surface area contributed by atoms with Crippen LogP contribution in [0.2, 0.25) is 0 Å². The van der Waals surface area contributed by atoms with Gasteiger partial charge in [0.05, 0.1) is 17.6 Å². The first-order valence-corrected chi connectivity index (χ1v) is 10.9. The van der Waals surface area contributed by atoms with Crippen LogP contribution in [-0.4, -0.2) is 60.5 Å². The van der Waals surface area contributed by atoms with Crippen molar-refractivity contribution in [2.45, 2.75) is 45.3 Å². The summed E-state index contributed by atoms with van der Waals surface area (Å²) in [4.78, 5) is 17.4. The number of nitrogens with zero attached hydrogens (tertiary/aromatic N) is 3. The average molecular weight is 466 g/mol. The van der Waals surface area contributed by atoms with Crippen molar-refractivity contribution in [2.24, 2.45) is 0 Å². The van der Waals surface area contributed by atoms with Crippen molar-refractivity contribution in [3.8, 4) is 0 Å². The van der Waals surface area contributed by atoms with Crippen LogP contribution in [0, 0.1) is 0 Å². The van der Waals surface area contributed by atoms with E-state index in [4.69, 9.17) is 14.5 Å². The fraction of sp³-hybridized carbons (Fsp3) is 0.500. The summed E-state index contributed by atoms with van der Waals surface area (Å²) in [6.45, 7) is 4.12. The number of alkyl halides is 3. The zero-order valence-corrected chi connectivity index (χ0v) is 19.2. The number of allylic oxidation sites excluding steroid dienone is 3. The normalized spacial score (nSPS) is 15.6. The molecular formula is C24H30F3N3O3. The van der Waals surface area contributed by atoms with Crippen LogP contribution in [0.25, 0.3) is 16.6 Å². The molecular weight excluding hydrogens is 435 g/mol. The molecule has 0 bridgehead atoms. The van der Waals surface area contributed by atoms with Gasteiger partial charge < -0.3 is 18.9 Å². The minimum absolute atomic E-state index is 0.0734. The molecule has 0 aliphatic carbocycles. The van der Waals surface area contributed by atoms with Crippen molar-refractivity contribution in [1.29, 1.82) is 0 Å². The van der Waals surface area contributed by atoms with E-state index < -0.39 is 12.8 Å². The van der Waals surface area contributed by atoms with Crippen molar-refractivity contribution in [3.63, 3.8) is 0 Å². The molecule has 2 aromatic rings. The Bertz CT molecular complexity index is 1020. The van der Waals surface area contributed by atoms with E-state index in [2.05, 4.69) is 0 Å². The molecule has 0 radical (unpaired) electrons. The Morgan fingerprint density at radius 3 is 2.67 bits per heavy atom. The van der Waals surface area contributed by atoms with Gasteiger partial charge in [0.2, 0.25) is 6.41 Å². The van der Waals surface area contributed by atoms with Crippen LogP contribution in [-0.2, 0) is 20.8 Å². The van der Waals surface area contributed by atoms with Crippen molar-refractivity contribution in [1.82, 2.24) is 14.5 Å². The highest BCUT2D eigenvalue weighted by atomic mass is 19.4. The number of imidazole rings is 1. The van der Waals surface area contributed by atoms with Gasteiger partial charge in [0.1, 0.15) is 12.4 Å². The predicted molar refractivity (Wildman–Crippen MR) is 121 cm³/mol. The summed E-state index contributed by atoms with van der Waals surface area (Å²) in [5.41, 5.74) is 4.40. The lowest BCUT2D eigenvalue weighted by atomic mass is 9.99.